The molecule has 1 aromatic carbocycles. The van der Waals surface area contributed by atoms with Gasteiger partial charge >= 0.3 is 0 Å². The Morgan fingerprint density at radius 1 is 1.28 bits per heavy atom. The summed E-state index contributed by atoms with van der Waals surface area (Å²) < 4.78 is 28.6. The third-order valence-corrected chi connectivity index (χ3v) is 5.64. The summed E-state index contributed by atoms with van der Waals surface area (Å²) in [6.45, 7) is 4.72. The van der Waals surface area contributed by atoms with Crippen molar-refractivity contribution in [2.75, 3.05) is 37.7 Å². The van der Waals surface area contributed by atoms with Crippen LogP contribution in [0.4, 0.5) is 0 Å². The molecule has 0 aliphatic carbocycles. The van der Waals surface area contributed by atoms with E-state index in [4.69, 9.17) is 4.74 Å². The molecule has 2 rings (SSSR count). The molecule has 1 aliphatic rings. The molecule has 8 heteroatoms. The van der Waals surface area contributed by atoms with E-state index < -0.39 is 9.84 Å². The number of halogens is 1. The van der Waals surface area contributed by atoms with Crippen LogP contribution >= 0.6 is 24.0 Å². The van der Waals surface area contributed by atoms with Gasteiger partial charge < -0.3 is 15.4 Å². The van der Waals surface area contributed by atoms with Gasteiger partial charge in [-0.15, -0.1) is 24.0 Å². The number of nitrogens with one attached hydrogen (secondary N) is 2. The summed E-state index contributed by atoms with van der Waals surface area (Å²) in [5.74, 6) is 2.32. The number of para-hydroxylation sites is 1. The highest BCUT2D eigenvalue weighted by molar-refractivity contribution is 14.0. The van der Waals surface area contributed by atoms with Crippen molar-refractivity contribution in [3.05, 3.63) is 30.3 Å². The molecule has 0 bridgehead atoms. The van der Waals surface area contributed by atoms with E-state index >= 15 is 0 Å². The van der Waals surface area contributed by atoms with Crippen molar-refractivity contribution >= 4 is 39.8 Å². The highest BCUT2D eigenvalue weighted by atomic mass is 127. The predicted octanol–water partition coefficient (Wildman–Crippen LogP) is 2.06. The Kier molecular flexibility index (Phi) is 10.2. The molecule has 0 saturated carbocycles. The fourth-order valence-corrected chi connectivity index (χ4v) is 4.41. The van der Waals surface area contributed by atoms with E-state index in [0.717, 1.165) is 37.6 Å². The summed E-state index contributed by atoms with van der Waals surface area (Å²) in [4.78, 5) is 4.51. The van der Waals surface area contributed by atoms with Gasteiger partial charge in [0, 0.05) is 19.6 Å². The van der Waals surface area contributed by atoms with Crippen molar-refractivity contribution in [2.45, 2.75) is 19.8 Å². The van der Waals surface area contributed by atoms with Crippen LogP contribution in [-0.4, -0.2) is 52.1 Å². The lowest BCUT2D eigenvalue weighted by Gasteiger charge is -2.13. The zero-order valence-corrected chi connectivity index (χ0v) is 17.8. The van der Waals surface area contributed by atoms with Crippen LogP contribution in [-0.2, 0) is 9.84 Å². The molecule has 1 unspecified atom stereocenters. The van der Waals surface area contributed by atoms with Gasteiger partial charge in [0.2, 0.25) is 0 Å². The number of nitrogens with zero attached hydrogens (tertiary/aromatic N) is 1. The van der Waals surface area contributed by atoms with Crippen molar-refractivity contribution in [2.24, 2.45) is 10.9 Å². The monoisotopic (exact) mass is 481 g/mol. The minimum absolute atomic E-state index is 0. The molecule has 1 fully saturated rings. The summed E-state index contributed by atoms with van der Waals surface area (Å²) >= 11 is 0. The van der Waals surface area contributed by atoms with Crippen LogP contribution in [0.5, 0.6) is 5.75 Å². The number of hydrogen-bond donors (Lipinski definition) is 2. The number of ether oxygens (including phenoxy) is 1. The Bertz CT molecular complexity index is 623. The summed E-state index contributed by atoms with van der Waals surface area (Å²) in [5.41, 5.74) is 0. The standard InChI is InChI=1S/C17H27N3O3S.HI/c1-2-18-17(20-13-15-9-12-24(21,22)14-15)19-10-6-11-23-16-7-4-3-5-8-16;/h3-5,7-8,15H,2,6,9-14H2,1H3,(H2,18,19,20);1H. The molecule has 142 valence electrons. The molecule has 1 heterocycles. The third kappa shape index (κ3) is 8.75. The van der Waals surface area contributed by atoms with E-state index in [2.05, 4.69) is 15.6 Å². The van der Waals surface area contributed by atoms with Gasteiger partial charge in [0.05, 0.1) is 18.1 Å². The van der Waals surface area contributed by atoms with Crippen LogP contribution in [0.25, 0.3) is 0 Å². The third-order valence-electron chi connectivity index (χ3n) is 3.80. The molecule has 0 spiro atoms. The first-order chi connectivity index (χ1) is 11.6. The lowest BCUT2D eigenvalue weighted by molar-refractivity contribution is 0.311. The zero-order valence-electron chi connectivity index (χ0n) is 14.6. The maximum atomic E-state index is 11.5. The Labute approximate surface area is 167 Å². The van der Waals surface area contributed by atoms with Crippen LogP contribution in [0.2, 0.25) is 0 Å². The lowest BCUT2D eigenvalue weighted by atomic mass is 10.1. The SMILES string of the molecule is CCNC(=NCC1CCS(=O)(=O)C1)NCCCOc1ccccc1.I. The van der Waals surface area contributed by atoms with E-state index in [1.54, 1.807) is 0 Å². The summed E-state index contributed by atoms with van der Waals surface area (Å²) in [6.07, 6.45) is 1.58. The Morgan fingerprint density at radius 2 is 2.04 bits per heavy atom. The number of sulfone groups is 1. The van der Waals surface area contributed by atoms with E-state index in [9.17, 15) is 8.42 Å². The molecule has 1 saturated heterocycles. The Balaban J connectivity index is 0.00000312. The van der Waals surface area contributed by atoms with Gasteiger partial charge in [-0.05, 0) is 37.8 Å². The van der Waals surface area contributed by atoms with Gasteiger partial charge in [-0.2, -0.15) is 0 Å². The molecular weight excluding hydrogens is 453 g/mol. The highest BCUT2D eigenvalue weighted by Gasteiger charge is 2.27. The highest BCUT2D eigenvalue weighted by Crippen LogP contribution is 2.18. The number of rotatable bonds is 8. The van der Waals surface area contributed by atoms with Crippen molar-refractivity contribution < 1.29 is 13.2 Å². The number of hydrogen-bond acceptors (Lipinski definition) is 4. The first-order valence-corrected chi connectivity index (χ1v) is 10.3. The predicted molar refractivity (Wildman–Crippen MR) is 113 cm³/mol. The van der Waals surface area contributed by atoms with Crippen LogP contribution < -0.4 is 15.4 Å². The first-order valence-electron chi connectivity index (χ1n) is 8.49. The van der Waals surface area contributed by atoms with Gasteiger partial charge in [-0.1, -0.05) is 18.2 Å². The topological polar surface area (TPSA) is 79.8 Å². The molecule has 0 aromatic heterocycles. The molecule has 6 nitrogen and oxygen atoms in total. The lowest BCUT2D eigenvalue weighted by Crippen LogP contribution is -2.38. The van der Waals surface area contributed by atoms with E-state index in [0.29, 0.717) is 18.9 Å². The minimum Gasteiger partial charge on any atom is -0.494 e. The Morgan fingerprint density at radius 3 is 2.68 bits per heavy atom. The van der Waals surface area contributed by atoms with Crippen molar-refractivity contribution in [3.8, 4) is 5.75 Å². The van der Waals surface area contributed by atoms with Gasteiger partial charge in [-0.25, -0.2) is 8.42 Å². The molecule has 1 aromatic rings. The van der Waals surface area contributed by atoms with E-state index in [1.165, 1.54) is 0 Å². The van der Waals surface area contributed by atoms with Gasteiger partial charge in [0.1, 0.15) is 5.75 Å². The fraction of sp³-hybridized carbons (Fsp3) is 0.588. The van der Waals surface area contributed by atoms with Gasteiger partial charge in [-0.3, -0.25) is 4.99 Å². The summed E-state index contributed by atoms with van der Waals surface area (Å²) in [6, 6.07) is 9.74. The van der Waals surface area contributed by atoms with Crippen LogP contribution in [0, 0.1) is 5.92 Å². The average Bonchev–Trinajstić information content (AvgIpc) is 2.92. The molecule has 25 heavy (non-hydrogen) atoms. The first kappa shape index (κ1) is 22.0. The quantitative estimate of drug-likeness (QED) is 0.257. The van der Waals surface area contributed by atoms with Crippen molar-refractivity contribution in [3.63, 3.8) is 0 Å². The minimum atomic E-state index is -2.83. The van der Waals surface area contributed by atoms with Crippen molar-refractivity contribution in [1.29, 1.82) is 0 Å². The maximum absolute atomic E-state index is 11.5. The average molecular weight is 481 g/mol. The summed E-state index contributed by atoms with van der Waals surface area (Å²) in [7, 11) is -2.83. The second-order valence-electron chi connectivity index (χ2n) is 5.93. The molecular formula is C17H28IN3O3S. The largest absolute Gasteiger partial charge is 0.494 e. The molecule has 2 N–H and O–H groups in total. The normalized spacial score (nSPS) is 19.1. The smallest absolute Gasteiger partial charge is 0.191 e. The molecule has 1 aliphatic heterocycles. The second-order valence-corrected chi connectivity index (χ2v) is 8.16. The van der Waals surface area contributed by atoms with Gasteiger partial charge in [0.25, 0.3) is 0 Å². The maximum Gasteiger partial charge on any atom is 0.191 e. The van der Waals surface area contributed by atoms with E-state index in [1.807, 2.05) is 37.3 Å². The van der Waals surface area contributed by atoms with Gasteiger partial charge in [0.15, 0.2) is 15.8 Å². The van der Waals surface area contributed by atoms with Crippen molar-refractivity contribution in [1.82, 2.24) is 10.6 Å². The molecule has 1 atom stereocenters. The van der Waals surface area contributed by atoms with E-state index in [-0.39, 0.29) is 35.6 Å². The van der Waals surface area contributed by atoms with Crippen LogP contribution in [0.3, 0.4) is 0 Å². The second kappa shape index (κ2) is 11.6. The Hall–Kier alpha value is -1.03. The summed E-state index contributed by atoms with van der Waals surface area (Å²) in [5, 5.41) is 6.45. The fourth-order valence-electron chi connectivity index (χ4n) is 2.56. The number of aliphatic imine (C=N–C) groups is 1. The van der Waals surface area contributed by atoms with Crippen LogP contribution in [0.1, 0.15) is 19.8 Å². The number of benzene rings is 1. The molecule has 0 radical (unpaired) electrons. The molecule has 0 amide bonds. The number of guanidine groups is 1. The zero-order chi connectivity index (χ0) is 17.3. The van der Waals surface area contributed by atoms with Crippen LogP contribution in [0.15, 0.2) is 35.3 Å².